The van der Waals surface area contributed by atoms with Gasteiger partial charge >= 0.3 is 12.1 Å². The number of aromatic hydroxyl groups is 2. The number of azo groups is 1. The Morgan fingerprint density at radius 1 is 1.00 bits per heavy atom. The van der Waals surface area contributed by atoms with Crippen LogP contribution in [0.4, 0.5) is 24.5 Å². The van der Waals surface area contributed by atoms with E-state index in [4.69, 9.17) is 16.7 Å². The van der Waals surface area contributed by atoms with Gasteiger partial charge in [0, 0.05) is 10.9 Å². The van der Waals surface area contributed by atoms with Crippen molar-refractivity contribution in [3.63, 3.8) is 0 Å². The van der Waals surface area contributed by atoms with Gasteiger partial charge in [0.1, 0.15) is 16.5 Å². The zero-order valence-corrected chi connectivity index (χ0v) is 20.1. The van der Waals surface area contributed by atoms with Crippen LogP contribution in [0, 0.1) is 13.8 Å². The molecule has 3 aromatic carbocycles. The number of phenols is 1. The van der Waals surface area contributed by atoms with E-state index in [2.05, 4.69) is 15.2 Å². The summed E-state index contributed by atoms with van der Waals surface area (Å²) in [5.41, 5.74) is 1.18. The molecule has 4 N–H and O–H groups in total. The minimum Gasteiger partial charge on any atom is -0.506 e. The van der Waals surface area contributed by atoms with Crippen LogP contribution in [0.5, 0.6) is 11.6 Å². The standard InChI is InChI=1S/C26H19ClF3N3O4/c1-12-3-5-15(9-13(12)2)21-17(26(28,29)30)7-6-16-22(21)31-24(35)23(16)33-32-19-8-4-14(11-20(19)34)10-18(27)25(36)37/h3-11,31,34-35H,1-2H3,(H,36,37). The van der Waals surface area contributed by atoms with Crippen LogP contribution in [-0.2, 0) is 11.0 Å². The highest BCUT2D eigenvalue weighted by molar-refractivity contribution is 6.43. The fourth-order valence-electron chi connectivity index (χ4n) is 3.80. The lowest BCUT2D eigenvalue weighted by Crippen LogP contribution is -2.07. The first-order chi connectivity index (χ1) is 17.4. The lowest BCUT2D eigenvalue weighted by atomic mass is 9.94. The minimum atomic E-state index is -4.66. The number of phenolic OH excluding ortho intramolecular Hbond substituents is 1. The van der Waals surface area contributed by atoms with Crippen LogP contribution in [0.25, 0.3) is 28.1 Å². The SMILES string of the molecule is Cc1ccc(-c2c(C(F)(F)F)ccc3c(N=Nc4ccc(C=C(Cl)C(=O)O)cc4O)c(O)[nH]c23)cc1C. The third kappa shape index (κ3) is 5.14. The number of alkyl halides is 3. The number of aliphatic carboxylic acids is 1. The second-order valence-corrected chi connectivity index (χ2v) is 8.68. The van der Waals surface area contributed by atoms with Gasteiger partial charge in [-0.1, -0.05) is 35.9 Å². The van der Waals surface area contributed by atoms with Gasteiger partial charge in [-0.3, -0.25) is 0 Å². The average molecular weight is 530 g/mol. The third-order valence-electron chi connectivity index (χ3n) is 5.78. The second-order valence-electron chi connectivity index (χ2n) is 8.28. The molecule has 0 unspecified atom stereocenters. The lowest BCUT2D eigenvalue weighted by molar-refractivity contribution is -0.137. The number of rotatable bonds is 5. The Morgan fingerprint density at radius 2 is 1.73 bits per heavy atom. The highest BCUT2D eigenvalue weighted by atomic mass is 35.5. The Labute approximate surface area is 213 Å². The molecule has 4 aromatic rings. The molecule has 0 atom stereocenters. The molecule has 0 aliphatic carbocycles. The van der Waals surface area contributed by atoms with Gasteiger partial charge in [-0.2, -0.15) is 13.2 Å². The summed E-state index contributed by atoms with van der Waals surface area (Å²) in [6.45, 7) is 3.64. The summed E-state index contributed by atoms with van der Waals surface area (Å²) in [7, 11) is 0. The van der Waals surface area contributed by atoms with Crippen molar-refractivity contribution in [3.05, 3.63) is 75.8 Å². The summed E-state index contributed by atoms with van der Waals surface area (Å²) in [6, 6.07) is 11.0. The van der Waals surface area contributed by atoms with E-state index < -0.39 is 28.6 Å². The van der Waals surface area contributed by atoms with Crippen molar-refractivity contribution in [2.24, 2.45) is 10.2 Å². The zero-order chi connectivity index (χ0) is 27.1. The quantitative estimate of drug-likeness (QED) is 0.155. The van der Waals surface area contributed by atoms with E-state index in [1.165, 1.54) is 24.3 Å². The first-order valence-corrected chi connectivity index (χ1v) is 11.1. The van der Waals surface area contributed by atoms with Crippen molar-refractivity contribution < 1.29 is 33.3 Å². The monoisotopic (exact) mass is 529 g/mol. The Kier molecular flexibility index (Phi) is 6.70. The molecule has 11 heteroatoms. The van der Waals surface area contributed by atoms with Crippen molar-refractivity contribution in [1.29, 1.82) is 0 Å². The number of carboxylic acid groups (broad SMARTS) is 1. The van der Waals surface area contributed by atoms with Crippen LogP contribution < -0.4 is 0 Å². The summed E-state index contributed by atoms with van der Waals surface area (Å²) in [4.78, 5) is 13.5. The number of H-pyrrole nitrogens is 1. The van der Waals surface area contributed by atoms with Crippen molar-refractivity contribution in [2.45, 2.75) is 20.0 Å². The first-order valence-electron chi connectivity index (χ1n) is 10.7. The molecule has 190 valence electrons. The Balaban J connectivity index is 1.83. The molecule has 0 bridgehead atoms. The fourth-order valence-corrected chi connectivity index (χ4v) is 3.92. The molecule has 0 fully saturated rings. The molecule has 0 radical (unpaired) electrons. The number of aryl methyl sites for hydroxylation is 2. The second kappa shape index (κ2) is 9.62. The third-order valence-corrected chi connectivity index (χ3v) is 6.05. The number of hydrogen-bond donors (Lipinski definition) is 4. The van der Waals surface area contributed by atoms with E-state index in [1.807, 2.05) is 6.92 Å². The van der Waals surface area contributed by atoms with Crippen molar-refractivity contribution in [1.82, 2.24) is 4.98 Å². The van der Waals surface area contributed by atoms with E-state index in [0.29, 0.717) is 5.56 Å². The largest absolute Gasteiger partial charge is 0.506 e. The van der Waals surface area contributed by atoms with E-state index >= 15 is 0 Å². The van der Waals surface area contributed by atoms with Crippen LogP contribution in [0.3, 0.4) is 0 Å². The average Bonchev–Trinajstić information content (AvgIpc) is 3.14. The maximum atomic E-state index is 13.9. The molecule has 4 rings (SSSR count). The highest BCUT2D eigenvalue weighted by Gasteiger charge is 2.35. The summed E-state index contributed by atoms with van der Waals surface area (Å²) in [5, 5.41) is 37.2. The van der Waals surface area contributed by atoms with Gasteiger partial charge in [-0.05, 0) is 66.4 Å². The van der Waals surface area contributed by atoms with E-state index in [1.54, 1.807) is 25.1 Å². The Morgan fingerprint density at radius 3 is 2.35 bits per heavy atom. The molecular weight excluding hydrogens is 511 g/mol. The van der Waals surface area contributed by atoms with Gasteiger partial charge in [-0.15, -0.1) is 10.2 Å². The van der Waals surface area contributed by atoms with E-state index in [0.717, 1.165) is 23.3 Å². The molecular formula is C26H19ClF3N3O4. The van der Waals surface area contributed by atoms with Crippen molar-refractivity contribution in [2.75, 3.05) is 0 Å². The summed E-state index contributed by atoms with van der Waals surface area (Å²) < 4.78 is 41.8. The molecule has 0 aliphatic heterocycles. The number of halogens is 4. The summed E-state index contributed by atoms with van der Waals surface area (Å²) in [6.07, 6.45) is -3.53. The van der Waals surface area contributed by atoms with Crippen molar-refractivity contribution >= 4 is 45.9 Å². The number of carboxylic acids is 1. The smallest absolute Gasteiger partial charge is 0.417 e. The van der Waals surface area contributed by atoms with Gasteiger partial charge in [0.25, 0.3) is 0 Å². The molecule has 1 aromatic heterocycles. The predicted molar refractivity (Wildman–Crippen MR) is 134 cm³/mol. The molecule has 0 saturated carbocycles. The van der Waals surface area contributed by atoms with Crippen molar-refractivity contribution in [3.8, 4) is 22.8 Å². The van der Waals surface area contributed by atoms with Crippen LogP contribution in [-0.4, -0.2) is 26.3 Å². The molecule has 0 saturated heterocycles. The zero-order valence-electron chi connectivity index (χ0n) is 19.4. The number of aromatic amines is 1. The first kappa shape index (κ1) is 25.8. The van der Waals surface area contributed by atoms with Gasteiger partial charge in [0.2, 0.25) is 5.88 Å². The number of nitrogens with one attached hydrogen (secondary N) is 1. The predicted octanol–water partition coefficient (Wildman–Crippen LogP) is 7.96. The van der Waals surface area contributed by atoms with Crippen LogP contribution in [0.15, 0.2) is 63.8 Å². The molecule has 0 aliphatic rings. The van der Waals surface area contributed by atoms with Gasteiger partial charge in [0.15, 0.2) is 5.69 Å². The van der Waals surface area contributed by atoms with Gasteiger partial charge < -0.3 is 20.3 Å². The molecule has 1 heterocycles. The number of aromatic nitrogens is 1. The maximum absolute atomic E-state index is 13.9. The summed E-state index contributed by atoms with van der Waals surface area (Å²) >= 11 is 5.59. The van der Waals surface area contributed by atoms with Gasteiger partial charge in [-0.25, -0.2) is 4.79 Å². The normalized spacial score (nSPS) is 12.5. The highest BCUT2D eigenvalue weighted by Crippen LogP contribution is 2.46. The topological polar surface area (TPSA) is 118 Å². The van der Waals surface area contributed by atoms with Crippen LogP contribution in [0.1, 0.15) is 22.3 Å². The molecule has 0 spiro atoms. The summed E-state index contributed by atoms with van der Waals surface area (Å²) in [5.74, 6) is -2.20. The molecule has 37 heavy (non-hydrogen) atoms. The number of nitrogens with zero attached hydrogens (tertiary/aromatic N) is 2. The Hall–Kier alpha value is -4.31. The minimum absolute atomic E-state index is 0.0255. The maximum Gasteiger partial charge on any atom is 0.417 e. The molecule has 0 amide bonds. The van der Waals surface area contributed by atoms with E-state index in [9.17, 15) is 28.2 Å². The van der Waals surface area contributed by atoms with Crippen LogP contribution in [0.2, 0.25) is 0 Å². The van der Waals surface area contributed by atoms with Gasteiger partial charge in [0.05, 0.1) is 11.1 Å². The number of hydrogen-bond acceptors (Lipinski definition) is 5. The Bertz CT molecular complexity index is 1610. The number of carbonyl (C=O) groups is 1. The number of benzene rings is 3. The number of fused-ring (bicyclic) bond motifs is 1. The van der Waals surface area contributed by atoms with Crippen LogP contribution >= 0.6 is 11.6 Å². The van der Waals surface area contributed by atoms with E-state index in [-0.39, 0.29) is 39.2 Å². The fraction of sp³-hybridized carbons (Fsp3) is 0.115. The molecule has 7 nitrogen and oxygen atoms in total. The lowest BCUT2D eigenvalue weighted by Gasteiger charge is -2.15.